The van der Waals surface area contributed by atoms with E-state index in [0.717, 1.165) is 11.1 Å². The lowest BCUT2D eigenvalue weighted by atomic mass is 9.86. The Bertz CT molecular complexity index is 867. The number of amides is 1. The van der Waals surface area contributed by atoms with E-state index in [1.807, 2.05) is 36.4 Å². The molecule has 2 N–H and O–H groups in total. The monoisotopic (exact) mass is 349 g/mol. The number of hydrogen-bond donors (Lipinski definition) is 1. The molecule has 0 saturated heterocycles. The molecule has 0 spiro atoms. The summed E-state index contributed by atoms with van der Waals surface area (Å²) in [6.45, 7) is 0. The molecule has 1 aliphatic heterocycles. The standard InChI is InChI=1S/C20H19N3OS/c1-23-12-15(11-21)18(19(23)20(22)24)14-9-7-13(8-10-14)16-5-3-4-6-17(16)25-2/h3-10,12,18-19H,1-2H3,(H2,22,24). The number of primary amides is 1. The maximum atomic E-state index is 11.9. The van der Waals surface area contributed by atoms with Crippen LogP contribution in [0.1, 0.15) is 11.5 Å². The zero-order chi connectivity index (χ0) is 18.0. The fraction of sp³-hybridized carbons (Fsp3) is 0.200. The summed E-state index contributed by atoms with van der Waals surface area (Å²) in [7, 11) is 1.77. The Morgan fingerprint density at radius 1 is 1.20 bits per heavy atom. The summed E-state index contributed by atoms with van der Waals surface area (Å²) < 4.78 is 0. The molecule has 1 amide bonds. The highest BCUT2D eigenvalue weighted by molar-refractivity contribution is 7.98. The van der Waals surface area contributed by atoms with Crippen LogP contribution in [0.15, 0.2) is 65.2 Å². The number of rotatable bonds is 4. The first kappa shape index (κ1) is 17.1. The lowest BCUT2D eigenvalue weighted by Crippen LogP contribution is -2.40. The van der Waals surface area contributed by atoms with Crippen LogP contribution < -0.4 is 5.73 Å². The van der Waals surface area contributed by atoms with Gasteiger partial charge in [-0.3, -0.25) is 4.79 Å². The molecule has 3 rings (SSSR count). The average molecular weight is 349 g/mol. The minimum Gasteiger partial charge on any atom is -0.368 e. The maximum absolute atomic E-state index is 11.9. The van der Waals surface area contributed by atoms with Crippen LogP contribution in [0, 0.1) is 11.3 Å². The van der Waals surface area contributed by atoms with Crippen LogP contribution in [0.5, 0.6) is 0 Å². The van der Waals surface area contributed by atoms with Crippen molar-refractivity contribution in [3.8, 4) is 17.2 Å². The van der Waals surface area contributed by atoms with Gasteiger partial charge in [-0.1, -0.05) is 42.5 Å². The van der Waals surface area contributed by atoms with Crippen molar-refractivity contribution >= 4 is 17.7 Å². The predicted molar refractivity (Wildman–Crippen MR) is 101 cm³/mol. The van der Waals surface area contributed by atoms with Crippen molar-refractivity contribution < 1.29 is 4.79 Å². The van der Waals surface area contributed by atoms with Crippen LogP contribution in [-0.4, -0.2) is 30.2 Å². The number of nitrogens with zero attached hydrogens (tertiary/aromatic N) is 2. The normalized spacial score (nSPS) is 19.4. The molecule has 0 aromatic heterocycles. The molecule has 2 atom stereocenters. The van der Waals surface area contributed by atoms with Crippen molar-refractivity contribution in [1.82, 2.24) is 4.90 Å². The topological polar surface area (TPSA) is 70.1 Å². The van der Waals surface area contributed by atoms with Crippen LogP contribution in [0.3, 0.4) is 0 Å². The molecular weight excluding hydrogens is 330 g/mol. The Hall–Kier alpha value is -2.71. The summed E-state index contributed by atoms with van der Waals surface area (Å²) in [5.41, 5.74) is 9.33. The number of carbonyl (C=O) groups is 1. The van der Waals surface area contributed by atoms with Gasteiger partial charge in [0, 0.05) is 24.1 Å². The summed E-state index contributed by atoms with van der Waals surface area (Å²) in [6, 6.07) is 18.0. The third-order valence-electron chi connectivity index (χ3n) is 4.54. The first-order chi connectivity index (χ1) is 12.1. The van der Waals surface area contributed by atoms with Gasteiger partial charge in [-0.2, -0.15) is 5.26 Å². The minimum atomic E-state index is -0.529. The Kier molecular flexibility index (Phi) is 4.82. The Morgan fingerprint density at radius 2 is 1.88 bits per heavy atom. The van der Waals surface area contributed by atoms with Crippen molar-refractivity contribution in [2.24, 2.45) is 5.73 Å². The summed E-state index contributed by atoms with van der Waals surface area (Å²) in [5, 5.41) is 9.42. The van der Waals surface area contributed by atoms with Crippen LogP contribution in [-0.2, 0) is 4.79 Å². The quantitative estimate of drug-likeness (QED) is 0.859. The van der Waals surface area contributed by atoms with E-state index in [-0.39, 0.29) is 5.92 Å². The van der Waals surface area contributed by atoms with Crippen molar-refractivity contribution in [3.63, 3.8) is 0 Å². The first-order valence-electron chi connectivity index (χ1n) is 7.93. The van der Waals surface area contributed by atoms with E-state index < -0.39 is 11.9 Å². The van der Waals surface area contributed by atoms with E-state index in [4.69, 9.17) is 5.73 Å². The molecular formula is C20H19N3OS. The molecule has 0 bridgehead atoms. The third kappa shape index (κ3) is 3.13. The summed E-state index contributed by atoms with van der Waals surface area (Å²) in [5.74, 6) is -0.747. The molecule has 0 aliphatic carbocycles. The fourth-order valence-corrected chi connectivity index (χ4v) is 3.98. The van der Waals surface area contributed by atoms with Gasteiger partial charge in [0.2, 0.25) is 5.91 Å². The highest BCUT2D eigenvalue weighted by atomic mass is 32.2. The Labute approximate surface area is 151 Å². The fourth-order valence-electron chi connectivity index (χ4n) is 3.36. The number of likely N-dealkylation sites (N-methyl/N-ethyl adjacent to an activating group) is 1. The number of hydrogen-bond acceptors (Lipinski definition) is 4. The predicted octanol–water partition coefficient (Wildman–Crippen LogP) is 3.37. The Morgan fingerprint density at radius 3 is 2.48 bits per heavy atom. The summed E-state index contributed by atoms with van der Waals surface area (Å²) >= 11 is 1.71. The highest BCUT2D eigenvalue weighted by Crippen LogP contribution is 2.37. The molecule has 2 aromatic rings. The number of carbonyl (C=O) groups excluding carboxylic acids is 1. The number of nitrogens with two attached hydrogens (primary N) is 1. The highest BCUT2D eigenvalue weighted by Gasteiger charge is 2.38. The first-order valence-corrected chi connectivity index (χ1v) is 9.15. The lowest BCUT2D eigenvalue weighted by molar-refractivity contribution is -0.121. The van der Waals surface area contributed by atoms with Gasteiger partial charge < -0.3 is 10.6 Å². The number of nitriles is 1. The van der Waals surface area contributed by atoms with Gasteiger partial charge in [0.05, 0.1) is 11.6 Å². The molecule has 1 aliphatic rings. The van der Waals surface area contributed by atoms with Gasteiger partial charge >= 0.3 is 0 Å². The molecule has 126 valence electrons. The molecule has 2 aromatic carbocycles. The summed E-state index contributed by atoms with van der Waals surface area (Å²) in [4.78, 5) is 14.8. The van der Waals surface area contributed by atoms with Gasteiger partial charge in [-0.25, -0.2) is 0 Å². The molecule has 0 fully saturated rings. The van der Waals surface area contributed by atoms with E-state index in [2.05, 4.69) is 24.5 Å². The van der Waals surface area contributed by atoms with Crippen LogP contribution in [0.2, 0.25) is 0 Å². The number of benzene rings is 2. The van der Waals surface area contributed by atoms with E-state index >= 15 is 0 Å². The van der Waals surface area contributed by atoms with Crippen LogP contribution in [0.4, 0.5) is 0 Å². The van der Waals surface area contributed by atoms with Crippen LogP contribution in [0.25, 0.3) is 11.1 Å². The van der Waals surface area contributed by atoms with Crippen molar-refractivity contribution in [2.45, 2.75) is 16.9 Å². The van der Waals surface area contributed by atoms with E-state index in [9.17, 15) is 10.1 Å². The lowest BCUT2D eigenvalue weighted by Gasteiger charge is -2.24. The van der Waals surface area contributed by atoms with E-state index in [0.29, 0.717) is 5.57 Å². The Balaban J connectivity index is 1.98. The van der Waals surface area contributed by atoms with Crippen molar-refractivity contribution in [3.05, 3.63) is 65.9 Å². The van der Waals surface area contributed by atoms with Crippen molar-refractivity contribution in [1.29, 1.82) is 5.26 Å². The largest absolute Gasteiger partial charge is 0.368 e. The maximum Gasteiger partial charge on any atom is 0.241 e. The molecule has 4 nitrogen and oxygen atoms in total. The van der Waals surface area contributed by atoms with Gasteiger partial charge in [0.25, 0.3) is 0 Å². The molecule has 0 saturated carbocycles. The smallest absolute Gasteiger partial charge is 0.241 e. The number of thioether (sulfide) groups is 1. The van der Waals surface area contributed by atoms with E-state index in [1.165, 1.54) is 10.5 Å². The second-order valence-corrected chi connectivity index (χ2v) is 6.86. The van der Waals surface area contributed by atoms with Crippen LogP contribution >= 0.6 is 11.8 Å². The van der Waals surface area contributed by atoms with Gasteiger partial charge in [-0.05, 0) is 29.0 Å². The van der Waals surface area contributed by atoms with Gasteiger partial charge in [0.15, 0.2) is 0 Å². The SMILES string of the molecule is CSc1ccccc1-c1ccc(C2C(C#N)=CN(C)C2C(N)=O)cc1. The second kappa shape index (κ2) is 7.04. The molecule has 2 unspecified atom stereocenters. The molecule has 25 heavy (non-hydrogen) atoms. The van der Waals surface area contributed by atoms with Gasteiger partial charge in [-0.15, -0.1) is 11.8 Å². The second-order valence-electron chi connectivity index (χ2n) is 6.01. The third-order valence-corrected chi connectivity index (χ3v) is 5.34. The zero-order valence-corrected chi connectivity index (χ0v) is 15.0. The van der Waals surface area contributed by atoms with Crippen molar-refractivity contribution in [2.75, 3.05) is 13.3 Å². The van der Waals surface area contributed by atoms with Gasteiger partial charge in [0.1, 0.15) is 6.04 Å². The minimum absolute atomic E-state index is 0.322. The van der Waals surface area contributed by atoms with E-state index in [1.54, 1.807) is 29.9 Å². The average Bonchev–Trinajstić information content (AvgIpc) is 2.98. The molecule has 0 radical (unpaired) electrons. The molecule has 1 heterocycles. The molecule has 5 heteroatoms. The zero-order valence-electron chi connectivity index (χ0n) is 14.1. The summed E-state index contributed by atoms with van der Waals surface area (Å²) in [6.07, 6.45) is 3.76.